The highest BCUT2D eigenvalue weighted by Crippen LogP contribution is 2.19. The molecule has 2 rings (SSSR count). The van der Waals surface area contributed by atoms with Crippen LogP contribution in [0.2, 0.25) is 0 Å². The van der Waals surface area contributed by atoms with Crippen LogP contribution < -0.4 is 0 Å². The quantitative estimate of drug-likeness (QED) is 0.933. The van der Waals surface area contributed by atoms with E-state index in [1.807, 2.05) is 12.1 Å². The molecule has 0 bridgehead atoms. The van der Waals surface area contributed by atoms with E-state index in [1.165, 1.54) is 5.56 Å². The van der Waals surface area contributed by atoms with Gasteiger partial charge < -0.3 is 5.11 Å². The summed E-state index contributed by atoms with van der Waals surface area (Å²) in [5.74, 6) is -0.857. The zero-order chi connectivity index (χ0) is 12.3. The highest BCUT2D eigenvalue weighted by Gasteiger charge is 2.25. The second kappa shape index (κ2) is 5.65. The number of nitrogens with zero attached hydrogens (tertiary/aromatic N) is 1. The Bertz CT molecular complexity index is 391. The van der Waals surface area contributed by atoms with Crippen LogP contribution in [0, 0.1) is 5.92 Å². The minimum absolute atomic E-state index is 0.195. The smallest absolute Gasteiger partial charge is 0.307 e. The van der Waals surface area contributed by atoms with Crippen LogP contribution in [0.25, 0.3) is 0 Å². The molecular weight excluding hydrogens is 282 g/mol. The molecule has 1 aliphatic heterocycles. The van der Waals surface area contributed by atoms with Crippen molar-refractivity contribution in [1.29, 1.82) is 0 Å². The van der Waals surface area contributed by atoms with E-state index >= 15 is 0 Å². The molecule has 92 valence electrons. The maximum atomic E-state index is 11.0. The van der Waals surface area contributed by atoms with Gasteiger partial charge in [-0.05, 0) is 37.1 Å². The van der Waals surface area contributed by atoms with Gasteiger partial charge in [0.25, 0.3) is 0 Å². The van der Waals surface area contributed by atoms with Gasteiger partial charge in [-0.15, -0.1) is 0 Å². The van der Waals surface area contributed by atoms with Crippen LogP contribution in [0.4, 0.5) is 0 Å². The average molecular weight is 298 g/mol. The van der Waals surface area contributed by atoms with Crippen molar-refractivity contribution in [2.75, 3.05) is 13.1 Å². The van der Waals surface area contributed by atoms with Gasteiger partial charge in [0.15, 0.2) is 0 Å². The van der Waals surface area contributed by atoms with E-state index in [2.05, 4.69) is 33.0 Å². The Balaban J connectivity index is 1.94. The fourth-order valence-corrected chi connectivity index (χ4v) is 2.51. The van der Waals surface area contributed by atoms with Gasteiger partial charge >= 0.3 is 5.97 Å². The molecule has 0 aliphatic carbocycles. The largest absolute Gasteiger partial charge is 0.481 e. The molecule has 3 nitrogen and oxygen atoms in total. The summed E-state index contributed by atoms with van der Waals surface area (Å²) < 4.78 is 1.07. The standard InChI is InChI=1S/C13H16BrNO2/c14-12-5-3-10(4-6-12)8-15-7-1-2-11(9-15)13(16)17/h3-6,11H,1-2,7-9H2,(H,16,17)/t11-/m1/s1. The zero-order valence-electron chi connectivity index (χ0n) is 9.60. The van der Waals surface area contributed by atoms with Gasteiger partial charge in [-0.1, -0.05) is 28.1 Å². The SMILES string of the molecule is O=C(O)[C@@H]1CCCN(Cc2ccc(Br)cc2)C1. The Hall–Kier alpha value is -0.870. The topological polar surface area (TPSA) is 40.5 Å². The third-order valence-electron chi connectivity index (χ3n) is 3.17. The van der Waals surface area contributed by atoms with Crippen LogP contribution in [-0.4, -0.2) is 29.1 Å². The van der Waals surface area contributed by atoms with E-state index in [4.69, 9.17) is 5.11 Å². The van der Waals surface area contributed by atoms with Crippen molar-refractivity contribution in [2.45, 2.75) is 19.4 Å². The van der Waals surface area contributed by atoms with Gasteiger partial charge in [-0.2, -0.15) is 0 Å². The number of carbonyl (C=O) groups is 1. The second-order valence-corrected chi connectivity index (χ2v) is 5.45. The van der Waals surface area contributed by atoms with Crippen molar-refractivity contribution in [3.05, 3.63) is 34.3 Å². The summed E-state index contributed by atoms with van der Waals surface area (Å²) in [7, 11) is 0. The van der Waals surface area contributed by atoms with Crippen molar-refractivity contribution in [2.24, 2.45) is 5.92 Å². The monoisotopic (exact) mass is 297 g/mol. The van der Waals surface area contributed by atoms with E-state index in [-0.39, 0.29) is 5.92 Å². The predicted molar refractivity (Wildman–Crippen MR) is 69.8 cm³/mol. The highest BCUT2D eigenvalue weighted by molar-refractivity contribution is 9.10. The molecule has 1 heterocycles. The fraction of sp³-hybridized carbons (Fsp3) is 0.462. The summed E-state index contributed by atoms with van der Waals surface area (Å²) in [5, 5.41) is 9.03. The summed E-state index contributed by atoms with van der Waals surface area (Å²) in [5.41, 5.74) is 1.24. The van der Waals surface area contributed by atoms with Crippen molar-refractivity contribution in [3.63, 3.8) is 0 Å². The summed E-state index contributed by atoms with van der Waals surface area (Å²) in [6.07, 6.45) is 1.79. The minimum Gasteiger partial charge on any atom is -0.481 e. The summed E-state index contributed by atoms with van der Waals surface area (Å²) >= 11 is 3.41. The number of hydrogen-bond acceptors (Lipinski definition) is 2. The number of carboxylic acids is 1. The van der Waals surface area contributed by atoms with Gasteiger partial charge in [0.05, 0.1) is 5.92 Å². The molecule has 0 amide bonds. The fourth-order valence-electron chi connectivity index (χ4n) is 2.25. The van der Waals surface area contributed by atoms with Crippen LogP contribution in [0.15, 0.2) is 28.7 Å². The Labute approximate surface area is 110 Å². The van der Waals surface area contributed by atoms with Crippen molar-refractivity contribution >= 4 is 21.9 Å². The van der Waals surface area contributed by atoms with E-state index in [9.17, 15) is 4.79 Å². The minimum atomic E-state index is -0.662. The predicted octanol–water partition coefficient (Wildman–Crippen LogP) is 2.75. The lowest BCUT2D eigenvalue weighted by Gasteiger charge is -2.30. The normalized spacial score (nSPS) is 21.4. The van der Waals surface area contributed by atoms with Gasteiger partial charge in [-0.25, -0.2) is 0 Å². The lowest BCUT2D eigenvalue weighted by atomic mass is 9.98. The van der Waals surface area contributed by atoms with Gasteiger partial charge in [0.2, 0.25) is 0 Å². The Morgan fingerprint density at radius 1 is 1.41 bits per heavy atom. The molecule has 4 heteroatoms. The molecule has 1 aliphatic rings. The van der Waals surface area contributed by atoms with Crippen molar-refractivity contribution < 1.29 is 9.90 Å². The van der Waals surface area contributed by atoms with Crippen molar-refractivity contribution in [3.8, 4) is 0 Å². The first-order valence-corrected chi connectivity index (χ1v) is 6.64. The number of aliphatic carboxylic acids is 1. The molecule has 0 unspecified atom stereocenters. The average Bonchev–Trinajstić information content (AvgIpc) is 2.32. The third-order valence-corrected chi connectivity index (χ3v) is 3.70. The molecule has 17 heavy (non-hydrogen) atoms. The van der Waals surface area contributed by atoms with E-state index in [0.717, 1.165) is 30.4 Å². The van der Waals surface area contributed by atoms with Crippen LogP contribution >= 0.6 is 15.9 Å². The molecule has 0 aromatic heterocycles. The summed E-state index contributed by atoms with van der Waals surface area (Å²) in [6, 6.07) is 8.20. The Morgan fingerprint density at radius 3 is 2.76 bits per heavy atom. The third kappa shape index (κ3) is 3.54. The van der Waals surface area contributed by atoms with Crippen LogP contribution in [-0.2, 0) is 11.3 Å². The first-order chi connectivity index (χ1) is 8.15. The van der Waals surface area contributed by atoms with Gasteiger partial charge in [0.1, 0.15) is 0 Å². The Kier molecular flexibility index (Phi) is 4.18. The number of carboxylic acid groups (broad SMARTS) is 1. The molecule has 1 aromatic carbocycles. The number of hydrogen-bond donors (Lipinski definition) is 1. The van der Waals surface area contributed by atoms with Crippen LogP contribution in [0.5, 0.6) is 0 Å². The second-order valence-electron chi connectivity index (χ2n) is 4.54. The van der Waals surface area contributed by atoms with E-state index in [0.29, 0.717) is 6.54 Å². The molecule has 0 saturated carbocycles. The molecule has 0 radical (unpaired) electrons. The zero-order valence-corrected chi connectivity index (χ0v) is 11.2. The van der Waals surface area contributed by atoms with E-state index in [1.54, 1.807) is 0 Å². The molecule has 1 atom stereocenters. The maximum absolute atomic E-state index is 11.0. The molecule has 1 fully saturated rings. The maximum Gasteiger partial charge on any atom is 0.307 e. The summed E-state index contributed by atoms with van der Waals surface area (Å²) in [6.45, 7) is 2.52. The lowest BCUT2D eigenvalue weighted by Crippen LogP contribution is -2.38. The van der Waals surface area contributed by atoms with Gasteiger partial charge in [-0.3, -0.25) is 9.69 Å². The first-order valence-electron chi connectivity index (χ1n) is 5.85. The van der Waals surface area contributed by atoms with Crippen LogP contribution in [0.1, 0.15) is 18.4 Å². The summed E-state index contributed by atoms with van der Waals surface area (Å²) in [4.78, 5) is 13.2. The highest BCUT2D eigenvalue weighted by atomic mass is 79.9. The molecular formula is C13H16BrNO2. The van der Waals surface area contributed by atoms with Gasteiger partial charge in [0, 0.05) is 17.6 Å². The number of piperidine rings is 1. The first kappa shape index (κ1) is 12.6. The molecule has 1 N–H and O–H groups in total. The Morgan fingerprint density at radius 2 is 2.12 bits per heavy atom. The van der Waals surface area contributed by atoms with E-state index < -0.39 is 5.97 Å². The number of benzene rings is 1. The number of likely N-dealkylation sites (tertiary alicyclic amines) is 1. The lowest BCUT2D eigenvalue weighted by molar-refractivity contribution is -0.143. The number of rotatable bonds is 3. The van der Waals surface area contributed by atoms with Crippen molar-refractivity contribution in [1.82, 2.24) is 4.90 Å². The molecule has 1 saturated heterocycles. The molecule has 1 aromatic rings. The molecule has 0 spiro atoms. The number of halogens is 1. The van der Waals surface area contributed by atoms with Crippen LogP contribution in [0.3, 0.4) is 0 Å².